The predicted octanol–water partition coefficient (Wildman–Crippen LogP) is 1.43. The molecule has 0 saturated heterocycles. The maximum absolute atomic E-state index is 9.34. The van der Waals surface area contributed by atoms with E-state index in [2.05, 4.69) is 5.32 Å². The van der Waals surface area contributed by atoms with Crippen molar-refractivity contribution in [2.24, 2.45) is 0 Å². The van der Waals surface area contributed by atoms with Gasteiger partial charge in [0.25, 0.3) is 0 Å². The summed E-state index contributed by atoms with van der Waals surface area (Å²) in [6.07, 6.45) is 8.62. The summed E-state index contributed by atoms with van der Waals surface area (Å²) in [4.78, 5) is 0. The smallest absolute Gasteiger partial charge is 0.0541 e. The van der Waals surface area contributed by atoms with Crippen molar-refractivity contribution >= 4 is 0 Å². The molecule has 0 aromatic heterocycles. The molecular weight excluding hydrogens is 190 g/mol. The Labute approximate surface area is 92.9 Å². The molecule has 1 aliphatic carbocycles. The Balaban J connectivity index is 1.87. The fraction of sp³-hybridized carbons (Fsp3) is 1.00. The van der Waals surface area contributed by atoms with Gasteiger partial charge in [-0.05, 0) is 45.1 Å². The minimum Gasteiger partial charge on any atom is -0.396 e. The molecule has 0 heterocycles. The van der Waals surface area contributed by atoms with E-state index in [-0.39, 0.29) is 6.10 Å². The lowest BCUT2D eigenvalue weighted by atomic mass is 9.93. The fourth-order valence-corrected chi connectivity index (χ4v) is 2.18. The van der Waals surface area contributed by atoms with Crippen molar-refractivity contribution < 1.29 is 10.2 Å². The summed E-state index contributed by atoms with van der Waals surface area (Å²) < 4.78 is 0. The van der Waals surface area contributed by atoms with Crippen LogP contribution in [-0.2, 0) is 0 Å². The largest absolute Gasteiger partial charge is 0.396 e. The van der Waals surface area contributed by atoms with E-state index in [1.807, 2.05) is 0 Å². The molecule has 0 spiro atoms. The van der Waals surface area contributed by atoms with E-state index in [0.29, 0.717) is 12.6 Å². The summed E-state index contributed by atoms with van der Waals surface area (Å²) in [6, 6.07) is 0.631. The molecule has 3 heteroatoms. The molecule has 0 aromatic rings. The second kappa shape index (κ2) is 8.08. The molecule has 1 aliphatic rings. The standard InChI is InChI=1S/C12H25NO2/c14-10-4-2-1-3-9-13-11-5-7-12(15)8-6-11/h11-15H,1-10H2. The van der Waals surface area contributed by atoms with Crippen LogP contribution in [0.25, 0.3) is 0 Å². The molecule has 0 amide bonds. The molecule has 0 bridgehead atoms. The van der Waals surface area contributed by atoms with Gasteiger partial charge in [0.1, 0.15) is 0 Å². The Bertz CT molecular complexity index is 145. The highest BCUT2D eigenvalue weighted by Gasteiger charge is 2.18. The Morgan fingerprint density at radius 3 is 2.27 bits per heavy atom. The van der Waals surface area contributed by atoms with Crippen LogP contribution in [0.3, 0.4) is 0 Å². The van der Waals surface area contributed by atoms with Crippen LogP contribution in [0.15, 0.2) is 0 Å². The third kappa shape index (κ3) is 6.13. The second-order valence-corrected chi connectivity index (χ2v) is 4.60. The molecular formula is C12H25NO2. The summed E-state index contributed by atoms with van der Waals surface area (Å²) in [7, 11) is 0. The summed E-state index contributed by atoms with van der Waals surface area (Å²) in [6.45, 7) is 1.42. The zero-order valence-corrected chi connectivity index (χ0v) is 9.62. The van der Waals surface area contributed by atoms with E-state index in [4.69, 9.17) is 5.11 Å². The number of unbranched alkanes of at least 4 members (excludes halogenated alkanes) is 3. The zero-order valence-electron chi connectivity index (χ0n) is 9.62. The quantitative estimate of drug-likeness (QED) is 0.563. The van der Waals surface area contributed by atoms with Crippen molar-refractivity contribution in [3.8, 4) is 0 Å². The molecule has 15 heavy (non-hydrogen) atoms. The minimum absolute atomic E-state index is 0.0485. The Morgan fingerprint density at radius 1 is 0.933 bits per heavy atom. The molecule has 3 nitrogen and oxygen atoms in total. The first kappa shape index (κ1) is 12.9. The number of hydrogen-bond acceptors (Lipinski definition) is 3. The van der Waals surface area contributed by atoms with E-state index >= 15 is 0 Å². The molecule has 0 unspecified atom stereocenters. The van der Waals surface area contributed by atoms with Gasteiger partial charge in [-0.2, -0.15) is 0 Å². The number of hydrogen-bond donors (Lipinski definition) is 3. The van der Waals surface area contributed by atoms with Crippen LogP contribution < -0.4 is 5.32 Å². The molecule has 1 fully saturated rings. The highest BCUT2D eigenvalue weighted by Crippen LogP contribution is 2.18. The van der Waals surface area contributed by atoms with Gasteiger partial charge in [0.2, 0.25) is 0 Å². The lowest BCUT2D eigenvalue weighted by Gasteiger charge is -2.26. The Morgan fingerprint density at radius 2 is 1.60 bits per heavy atom. The van der Waals surface area contributed by atoms with E-state index in [1.165, 1.54) is 12.8 Å². The van der Waals surface area contributed by atoms with Crippen LogP contribution in [-0.4, -0.2) is 35.5 Å². The molecule has 3 N–H and O–H groups in total. The average molecular weight is 215 g/mol. The number of nitrogens with one attached hydrogen (secondary N) is 1. The monoisotopic (exact) mass is 215 g/mol. The van der Waals surface area contributed by atoms with Gasteiger partial charge in [-0.1, -0.05) is 12.8 Å². The maximum atomic E-state index is 9.34. The van der Waals surface area contributed by atoms with Crippen LogP contribution in [0, 0.1) is 0 Å². The van der Waals surface area contributed by atoms with Crippen molar-refractivity contribution in [2.45, 2.75) is 63.5 Å². The van der Waals surface area contributed by atoms with Crippen molar-refractivity contribution in [3.63, 3.8) is 0 Å². The number of aliphatic hydroxyl groups excluding tert-OH is 2. The van der Waals surface area contributed by atoms with E-state index in [1.54, 1.807) is 0 Å². The highest BCUT2D eigenvalue weighted by atomic mass is 16.3. The van der Waals surface area contributed by atoms with Gasteiger partial charge in [0.15, 0.2) is 0 Å². The summed E-state index contributed by atoms with van der Waals surface area (Å²) >= 11 is 0. The molecule has 0 atom stereocenters. The van der Waals surface area contributed by atoms with Crippen LogP contribution in [0.4, 0.5) is 0 Å². The van der Waals surface area contributed by atoms with Crippen molar-refractivity contribution in [2.75, 3.05) is 13.2 Å². The van der Waals surface area contributed by atoms with Gasteiger partial charge >= 0.3 is 0 Å². The molecule has 90 valence electrons. The molecule has 0 aliphatic heterocycles. The Hall–Kier alpha value is -0.120. The van der Waals surface area contributed by atoms with Crippen LogP contribution >= 0.6 is 0 Å². The molecule has 1 rings (SSSR count). The first-order valence-electron chi connectivity index (χ1n) is 6.35. The lowest BCUT2D eigenvalue weighted by Crippen LogP contribution is -2.35. The minimum atomic E-state index is -0.0485. The van der Waals surface area contributed by atoms with Gasteiger partial charge in [0, 0.05) is 12.6 Å². The lowest BCUT2D eigenvalue weighted by molar-refractivity contribution is 0.117. The SMILES string of the molecule is OCCCCCCNC1CCC(O)CC1. The number of aliphatic hydroxyl groups is 2. The van der Waals surface area contributed by atoms with E-state index in [0.717, 1.165) is 45.1 Å². The van der Waals surface area contributed by atoms with Gasteiger partial charge in [-0.15, -0.1) is 0 Å². The Kier molecular flexibility index (Phi) is 6.98. The molecule has 0 aromatic carbocycles. The van der Waals surface area contributed by atoms with Crippen LogP contribution in [0.1, 0.15) is 51.4 Å². The van der Waals surface area contributed by atoms with Crippen molar-refractivity contribution in [1.82, 2.24) is 5.32 Å². The topological polar surface area (TPSA) is 52.5 Å². The molecule has 0 radical (unpaired) electrons. The second-order valence-electron chi connectivity index (χ2n) is 4.60. The zero-order chi connectivity index (χ0) is 10.9. The fourth-order valence-electron chi connectivity index (χ4n) is 2.18. The predicted molar refractivity (Wildman–Crippen MR) is 61.8 cm³/mol. The average Bonchev–Trinajstić information content (AvgIpc) is 2.26. The third-order valence-corrected chi connectivity index (χ3v) is 3.21. The van der Waals surface area contributed by atoms with Crippen molar-refractivity contribution in [1.29, 1.82) is 0 Å². The number of rotatable bonds is 7. The van der Waals surface area contributed by atoms with Gasteiger partial charge in [-0.25, -0.2) is 0 Å². The van der Waals surface area contributed by atoms with Crippen LogP contribution in [0.2, 0.25) is 0 Å². The highest BCUT2D eigenvalue weighted by molar-refractivity contribution is 4.76. The third-order valence-electron chi connectivity index (χ3n) is 3.21. The van der Waals surface area contributed by atoms with Gasteiger partial charge in [0.05, 0.1) is 6.10 Å². The van der Waals surface area contributed by atoms with Gasteiger partial charge < -0.3 is 15.5 Å². The summed E-state index contributed by atoms with van der Waals surface area (Å²) in [5, 5.41) is 21.5. The van der Waals surface area contributed by atoms with Gasteiger partial charge in [-0.3, -0.25) is 0 Å². The molecule has 1 saturated carbocycles. The maximum Gasteiger partial charge on any atom is 0.0541 e. The first-order chi connectivity index (χ1) is 7.33. The van der Waals surface area contributed by atoms with Crippen molar-refractivity contribution in [3.05, 3.63) is 0 Å². The van der Waals surface area contributed by atoms with Crippen LogP contribution in [0.5, 0.6) is 0 Å². The summed E-state index contributed by atoms with van der Waals surface area (Å²) in [5.74, 6) is 0. The normalized spacial score (nSPS) is 26.8. The first-order valence-corrected chi connectivity index (χ1v) is 6.35. The van der Waals surface area contributed by atoms with E-state index in [9.17, 15) is 5.11 Å². The summed E-state index contributed by atoms with van der Waals surface area (Å²) in [5.41, 5.74) is 0. The van der Waals surface area contributed by atoms with E-state index < -0.39 is 0 Å².